The van der Waals surface area contributed by atoms with Crippen molar-refractivity contribution in [2.24, 2.45) is 0 Å². The number of imidazole rings is 1. The molecule has 2 heterocycles. The number of benzene rings is 1. The highest BCUT2D eigenvalue weighted by molar-refractivity contribution is 5.85. The predicted molar refractivity (Wildman–Crippen MR) is 83.7 cm³/mol. The van der Waals surface area contributed by atoms with E-state index in [1.54, 1.807) is 0 Å². The van der Waals surface area contributed by atoms with Gasteiger partial charge in [0.25, 0.3) is 5.92 Å². The first-order valence-corrected chi connectivity index (χ1v) is 6.46. The molecule has 0 bridgehead atoms. The van der Waals surface area contributed by atoms with Crippen molar-refractivity contribution in [3.05, 3.63) is 29.8 Å². The van der Waals surface area contributed by atoms with Crippen LogP contribution in [0.1, 0.15) is 12.2 Å². The summed E-state index contributed by atoms with van der Waals surface area (Å²) in [5, 5.41) is 5.01. The number of hydrogen-bond donors (Lipinski definition) is 3. The standard InChI is InChI=1S/C13H13F3N4O.2ClH/c14-7-1-2-8-9(3-7)20-11(19-8)5-17-12(21)10-4-13(15,16)6-18-10;;/h1-3,10,18H,4-6H2,(H,17,21)(H,19,20);2*1H. The van der Waals surface area contributed by atoms with Gasteiger partial charge in [-0.1, -0.05) is 0 Å². The average Bonchev–Trinajstić information content (AvgIpc) is 2.98. The molecule has 0 spiro atoms. The van der Waals surface area contributed by atoms with E-state index in [9.17, 15) is 18.0 Å². The van der Waals surface area contributed by atoms with Crippen molar-refractivity contribution in [1.82, 2.24) is 20.6 Å². The van der Waals surface area contributed by atoms with Crippen LogP contribution in [-0.2, 0) is 11.3 Å². The van der Waals surface area contributed by atoms with Crippen LogP contribution in [0.25, 0.3) is 11.0 Å². The minimum Gasteiger partial charge on any atom is -0.348 e. The van der Waals surface area contributed by atoms with Crippen LogP contribution in [0, 0.1) is 5.82 Å². The summed E-state index contributed by atoms with van der Waals surface area (Å²) in [4.78, 5) is 18.8. The number of H-pyrrole nitrogens is 1. The Kier molecular flexibility index (Phi) is 6.26. The molecule has 1 unspecified atom stereocenters. The lowest BCUT2D eigenvalue weighted by Gasteiger charge is -2.10. The summed E-state index contributed by atoms with van der Waals surface area (Å²) in [6.07, 6.45) is -0.510. The average molecular weight is 371 g/mol. The molecule has 1 amide bonds. The van der Waals surface area contributed by atoms with Crippen LogP contribution >= 0.6 is 24.8 Å². The number of nitrogens with zero attached hydrogens (tertiary/aromatic N) is 1. The van der Waals surface area contributed by atoms with Gasteiger partial charge in [0.15, 0.2) is 0 Å². The molecule has 5 nitrogen and oxygen atoms in total. The minimum atomic E-state index is -2.85. The number of amides is 1. The Bertz CT molecular complexity index is 695. The first kappa shape index (κ1) is 19.5. The normalized spacial score (nSPS) is 19.0. The first-order valence-electron chi connectivity index (χ1n) is 6.46. The van der Waals surface area contributed by atoms with E-state index in [0.29, 0.717) is 16.9 Å². The van der Waals surface area contributed by atoms with Crippen LogP contribution in [-0.4, -0.2) is 34.4 Å². The van der Waals surface area contributed by atoms with E-state index in [2.05, 4.69) is 20.6 Å². The Labute approximate surface area is 142 Å². The molecular weight excluding hydrogens is 356 g/mol. The van der Waals surface area contributed by atoms with E-state index in [1.807, 2.05) is 0 Å². The second kappa shape index (κ2) is 7.37. The molecule has 1 atom stereocenters. The molecule has 3 N–H and O–H groups in total. The highest BCUT2D eigenvalue weighted by atomic mass is 35.5. The zero-order valence-electron chi connectivity index (χ0n) is 11.7. The molecule has 128 valence electrons. The molecule has 0 saturated carbocycles. The molecule has 0 radical (unpaired) electrons. The van der Waals surface area contributed by atoms with E-state index in [0.717, 1.165) is 0 Å². The largest absolute Gasteiger partial charge is 0.348 e. The molecule has 23 heavy (non-hydrogen) atoms. The number of halogens is 5. The van der Waals surface area contributed by atoms with Gasteiger partial charge in [-0.25, -0.2) is 18.2 Å². The molecule has 1 aliphatic heterocycles. The molecule has 2 aromatic rings. The Hall–Kier alpha value is -1.51. The van der Waals surface area contributed by atoms with Crippen LogP contribution in [0.2, 0.25) is 0 Å². The zero-order valence-corrected chi connectivity index (χ0v) is 13.4. The Morgan fingerprint density at radius 2 is 2.13 bits per heavy atom. The summed E-state index contributed by atoms with van der Waals surface area (Å²) < 4.78 is 39.0. The number of nitrogens with one attached hydrogen (secondary N) is 3. The highest BCUT2D eigenvalue weighted by Gasteiger charge is 2.42. The lowest BCUT2D eigenvalue weighted by molar-refractivity contribution is -0.123. The van der Waals surface area contributed by atoms with Gasteiger partial charge in [-0.3, -0.25) is 10.1 Å². The summed E-state index contributed by atoms with van der Waals surface area (Å²) in [7, 11) is 0. The van der Waals surface area contributed by atoms with Gasteiger partial charge in [-0.2, -0.15) is 0 Å². The minimum absolute atomic E-state index is 0. The fourth-order valence-corrected chi connectivity index (χ4v) is 2.31. The third-order valence-corrected chi connectivity index (χ3v) is 3.35. The van der Waals surface area contributed by atoms with Crippen LogP contribution in [0.3, 0.4) is 0 Å². The Balaban J connectivity index is 0.00000132. The van der Waals surface area contributed by atoms with Gasteiger partial charge in [0.1, 0.15) is 11.6 Å². The molecule has 3 rings (SSSR count). The molecule has 0 aliphatic carbocycles. The number of alkyl halides is 2. The van der Waals surface area contributed by atoms with E-state index >= 15 is 0 Å². The highest BCUT2D eigenvalue weighted by Crippen LogP contribution is 2.25. The molecule has 10 heteroatoms. The summed E-state index contributed by atoms with van der Waals surface area (Å²) in [5.41, 5.74) is 1.09. The van der Waals surface area contributed by atoms with Crippen molar-refractivity contribution >= 4 is 41.8 Å². The maximum atomic E-state index is 13.0. The number of carbonyl (C=O) groups is 1. The lowest BCUT2D eigenvalue weighted by atomic mass is 10.2. The van der Waals surface area contributed by atoms with Gasteiger partial charge < -0.3 is 10.3 Å². The van der Waals surface area contributed by atoms with Crippen molar-refractivity contribution in [1.29, 1.82) is 0 Å². The van der Waals surface area contributed by atoms with Gasteiger partial charge in [-0.05, 0) is 18.2 Å². The SMILES string of the molecule is Cl.Cl.O=C(NCc1nc2ccc(F)cc2[nH]1)C1CC(F)(F)CN1. The van der Waals surface area contributed by atoms with E-state index < -0.39 is 30.8 Å². The summed E-state index contributed by atoms with van der Waals surface area (Å²) in [6.45, 7) is -0.423. The number of hydrogen-bond acceptors (Lipinski definition) is 3. The molecule has 1 fully saturated rings. The maximum Gasteiger partial charge on any atom is 0.262 e. The molecule has 1 aromatic carbocycles. The summed E-state index contributed by atoms with van der Waals surface area (Å²) in [6, 6.07) is 3.20. The summed E-state index contributed by atoms with van der Waals surface area (Å²) >= 11 is 0. The van der Waals surface area contributed by atoms with Gasteiger partial charge in [0.05, 0.1) is 30.2 Å². The second-order valence-corrected chi connectivity index (χ2v) is 5.06. The van der Waals surface area contributed by atoms with E-state index in [1.165, 1.54) is 18.2 Å². The molecular formula is C13H15Cl2F3N4O. The Morgan fingerprint density at radius 1 is 1.39 bits per heavy atom. The third kappa shape index (κ3) is 4.49. The van der Waals surface area contributed by atoms with Gasteiger partial charge in [0, 0.05) is 6.42 Å². The lowest BCUT2D eigenvalue weighted by Crippen LogP contribution is -2.40. The van der Waals surface area contributed by atoms with Crippen LogP contribution in [0.4, 0.5) is 13.2 Å². The summed E-state index contributed by atoms with van der Waals surface area (Å²) in [5.74, 6) is -3.30. The van der Waals surface area contributed by atoms with Gasteiger partial charge >= 0.3 is 0 Å². The van der Waals surface area contributed by atoms with Crippen molar-refractivity contribution < 1.29 is 18.0 Å². The van der Waals surface area contributed by atoms with Crippen LogP contribution in [0.5, 0.6) is 0 Å². The van der Waals surface area contributed by atoms with Crippen LogP contribution < -0.4 is 10.6 Å². The molecule has 1 aromatic heterocycles. The number of rotatable bonds is 3. The third-order valence-electron chi connectivity index (χ3n) is 3.35. The number of aromatic nitrogens is 2. The predicted octanol–water partition coefficient (Wildman–Crippen LogP) is 2.16. The van der Waals surface area contributed by atoms with Crippen molar-refractivity contribution in [3.8, 4) is 0 Å². The topological polar surface area (TPSA) is 69.8 Å². The monoisotopic (exact) mass is 370 g/mol. The number of aromatic amines is 1. The molecule has 1 aliphatic rings. The van der Waals surface area contributed by atoms with Gasteiger partial charge in [0.2, 0.25) is 5.91 Å². The second-order valence-electron chi connectivity index (χ2n) is 5.06. The first-order chi connectivity index (χ1) is 9.93. The van der Waals surface area contributed by atoms with Crippen molar-refractivity contribution in [3.63, 3.8) is 0 Å². The molecule has 1 saturated heterocycles. The maximum absolute atomic E-state index is 13.0. The smallest absolute Gasteiger partial charge is 0.262 e. The van der Waals surface area contributed by atoms with E-state index in [4.69, 9.17) is 0 Å². The van der Waals surface area contributed by atoms with Crippen LogP contribution in [0.15, 0.2) is 18.2 Å². The van der Waals surface area contributed by atoms with Crippen molar-refractivity contribution in [2.75, 3.05) is 6.54 Å². The van der Waals surface area contributed by atoms with Crippen molar-refractivity contribution in [2.45, 2.75) is 24.9 Å². The quantitative estimate of drug-likeness (QED) is 0.775. The fraction of sp³-hybridized carbons (Fsp3) is 0.385. The van der Waals surface area contributed by atoms with Gasteiger partial charge in [-0.15, -0.1) is 24.8 Å². The number of carbonyl (C=O) groups excluding carboxylic acids is 1. The number of fused-ring (bicyclic) bond motifs is 1. The zero-order chi connectivity index (χ0) is 15.0. The van der Waals surface area contributed by atoms with E-state index in [-0.39, 0.29) is 37.2 Å². The Morgan fingerprint density at radius 3 is 2.78 bits per heavy atom. The fourth-order valence-electron chi connectivity index (χ4n) is 2.31.